The second-order valence-corrected chi connectivity index (χ2v) is 5.52. The van der Waals surface area contributed by atoms with Crippen LogP contribution in [0.25, 0.3) is 0 Å². The van der Waals surface area contributed by atoms with Gasteiger partial charge in [0.2, 0.25) is 0 Å². The Balaban J connectivity index is 2.15. The summed E-state index contributed by atoms with van der Waals surface area (Å²) in [6.45, 7) is 1.91. The number of ether oxygens (including phenoxy) is 1. The van der Waals surface area contributed by atoms with Gasteiger partial charge in [-0.05, 0) is 37.3 Å². The van der Waals surface area contributed by atoms with Gasteiger partial charge in [-0.3, -0.25) is 20.2 Å². The molecular weight excluding hydrogens is 374 g/mol. The molecule has 2 rings (SSSR count). The average molecular weight is 388 g/mol. The molecule has 1 amide bonds. The number of nitrogens with zero attached hydrogens (tertiary/aromatic N) is 1. The zero-order chi connectivity index (χ0) is 20.0. The van der Waals surface area contributed by atoms with E-state index in [4.69, 9.17) is 17.0 Å². The van der Waals surface area contributed by atoms with Crippen molar-refractivity contribution in [1.82, 2.24) is 5.32 Å². The van der Waals surface area contributed by atoms with Gasteiger partial charge < -0.3 is 20.0 Å². The first-order valence-corrected chi connectivity index (χ1v) is 8.08. The summed E-state index contributed by atoms with van der Waals surface area (Å²) in [5, 5.41) is 26.9. The molecule has 0 saturated carbocycles. The van der Waals surface area contributed by atoms with Crippen LogP contribution in [0, 0.1) is 10.1 Å². The number of hydrogen-bond donors (Lipinski definition) is 2. The summed E-state index contributed by atoms with van der Waals surface area (Å²) in [5.41, 5.74) is -0.362. The molecule has 9 nitrogen and oxygen atoms in total. The number of carboxylic acid groups (broad SMARTS) is 1. The molecule has 27 heavy (non-hydrogen) atoms. The zero-order valence-corrected chi connectivity index (χ0v) is 14.9. The normalized spacial score (nSPS) is 9.96. The van der Waals surface area contributed by atoms with Gasteiger partial charge in [-0.2, -0.15) is 0 Å². The van der Waals surface area contributed by atoms with E-state index in [1.807, 2.05) is 0 Å². The number of hydrogen-bond acceptors (Lipinski definition) is 7. The van der Waals surface area contributed by atoms with Crippen molar-refractivity contribution in [2.24, 2.45) is 0 Å². The molecule has 0 unspecified atom stereocenters. The largest absolute Gasteiger partial charge is 0.545 e. The quantitative estimate of drug-likeness (QED) is 0.432. The standard InChI is InChI=1S/C17H15N3O6S/c1-2-26-14-8-7-10(9-13(14)20(24)25)15(21)19-17(27)18-12-6-4-3-5-11(12)16(22)23/h3-9H,2H2,1H3,(H,22,23)(H2,18,19,21,27)/p-1. The summed E-state index contributed by atoms with van der Waals surface area (Å²) >= 11 is 5.00. The third kappa shape index (κ3) is 4.98. The Hall–Kier alpha value is -3.53. The molecule has 0 aliphatic rings. The van der Waals surface area contributed by atoms with E-state index in [1.54, 1.807) is 13.0 Å². The Morgan fingerprint density at radius 1 is 1.22 bits per heavy atom. The second-order valence-electron chi connectivity index (χ2n) is 5.11. The Labute approximate surface area is 159 Å². The van der Waals surface area contributed by atoms with Crippen molar-refractivity contribution in [1.29, 1.82) is 0 Å². The number of rotatable bonds is 6. The van der Waals surface area contributed by atoms with Crippen molar-refractivity contribution in [2.75, 3.05) is 11.9 Å². The number of carbonyl (C=O) groups is 2. The summed E-state index contributed by atoms with van der Waals surface area (Å²) in [7, 11) is 0. The summed E-state index contributed by atoms with van der Waals surface area (Å²) in [6, 6.07) is 9.59. The second kappa shape index (κ2) is 8.72. The minimum absolute atomic E-state index is 0.0116. The SMILES string of the molecule is CCOc1ccc(C(=O)NC(=S)Nc2ccccc2C(=O)[O-])cc1[N+](=O)[O-]. The van der Waals surface area contributed by atoms with Gasteiger partial charge in [-0.15, -0.1) is 0 Å². The van der Waals surface area contributed by atoms with E-state index in [0.29, 0.717) is 0 Å². The minimum Gasteiger partial charge on any atom is -0.545 e. The van der Waals surface area contributed by atoms with E-state index in [-0.39, 0.29) is 40.0 Å². The first-order chi connectivity index (χ1) is 12.8. The third-order valence-corrected chi connectivity index (χ3v) is 3.54. The number of para-hydroxylation sites is 1. The third-order valence-electron chi connectivity index (χ3n) is 3.34. The Morgan fingerprint density at radius 2 is 1.93 bits per heavy atom. The van der Waals surface area contributed by atoms with Crippen LogP contribution in [0.1, 0.15) is 27.6 Å². The van der Waals surface area contributed by atoms with Crippen LogP contribution in [-0.4, -0.2) is 28.5 Å². The van der Waals surface area contributed by atoms with Gasteiger partial charge in [-0.1, -0.05) is 18.2 Å². The molecule has 2 N–H and O–H groups in total. The molecule has 0 heterocycles. The first kappa shape index (κ1) is 19.8. The van der Waals surface area contributed by atoms with Crippen LogP contribution in [0.15, 0.2) is 42.5 Å². The summed E-state index contributed by atoms with van der Waals surface area (Å²) in [6.07, 6.45) is 0. The average Bonchev–Trinajstić information content (AvgIpc) is 2.62. The Bertz CT molecular complexity index is 915. The molecule has 2 aromatic rings. The fourth-order valence-corrected chi connectivity index (χ4v) is 2.38. The van der Waals surface area contributed by atoms with Gasteiger partial charge in [0.05, 0.1) is 17.5 Å². The molecule has 0 saturated heterocycles. The van der Waals surface area contributed by atoms with Crippen LogP contribution in [0.3, 0.4) is 0 Å². The van der Waals surface area contributed by atoms with Gasteiger partial charge in [0.25, 0.3) is 5.91 Å². The topological polar surface area (TPSA) is 134 Å². The van der Waals surface area contributed by atoms with Crippen LogP contribution in [0.5, 0.6) is 5.75 Å². The van der Waals surface area contributed by atoms with E-state index in [2.05, 4.69) is 10.6 Å². The predicted octanol–water partition coefficient (Wildman–Crippen LogP) is 1.48. The molecule has 0 aliphatic heterocycles. The molecule has 0 aliphatic carbocycles. The smallest absolute Gasteiger partial charge is 0.311 e. The lowest BCUT2D eigenvalue weighted by Gasteiger charge is -2.14. The van der Waals surface area contributed by atoms with Gasteiger partial charge in [0.1, 0.15) is 0 Å². The number of carboxylic acids is 1. The lowest BCUT2D eigenvalue weighted by Crippen LogP contribution is -2.35. The van der Waals surface area contributed by atoms with Crippen molar-refractivity contribution in [3.63, 3.8) is 0 Å². The maximum atomic E-state index is 12.3. The number of nitro groups is 1. The highest BCUT2D eigenvalue weighted by Crippen LogP contribution is 2.28. The fourth-order valence-electron chi connectivity index (χ4n) is 2.18. The van der Waals surface area contributed by atoms with Gasteiger partial charge in [-0.25, -0.2) is 0 Å². The number of benzene rings is 2. The zero-order valence-electron chi connectivity index (χ0n) is 14.1. The van der Waals surface area contributed by atoms with E-state index in [0.717, 1.165) is 6.07 Å². The highest BCUT2D eigenvalue weighted by molar-refractivity contribution is 7.80. The highest BCUT2D eigenvalue weighted by atomic mass is 32.1. The van der Waals surface area contributed by atoms with Crippen LogP contribution >= 0.6 is 12.2 Å². The monoisotopic (exact) mass is 388 g/mol. The van der Waals surface area contributed by atoms with Gasteiger partial charge in [0.15, 0.2) is 10.9 Å². The van der Waals surface area contributed by atoms with Gasteiger partial charge in [0, 0.05) is 22.9 Å². The van der Waals surface area contributed by atoms with Crippen molar-refractivity contribution in [3.8, 4) is 5.75 Å². The Kier molecular flexibility index (Phi) is 6.39. The van der Waals surface area contributed by atoms with Crippen molar-refractivity contribution >= 4 is 40.6 Å². The van der Waals surface area contributed by atoms with Crippen LogP contribution in [-0.2, 0) is 0 Å². The lowest BCUT2D eigenvalue weighted by molar-refractivity contribution is -0.385. The van der Waals surface area contributed by atoms with Crippen molar-refractivity contribution in [3.05, 3.63) is 63.7 Å². The fraction of sp³-hybridized carbons (Fsp3) is 0.118. The minimum atomic E-state index is -1.41. The molecule has 140 valence electrons. The van der Waals surface area contributed by atoms with Crippen LogP contribution < -0.4 is 20.5 Å². The molecule has 0 aromatic heterocycles. The molecule has 0 bridgehead atoms. The summed E-state index contributed by atoms with van der Waals surface area (Å²) in [4.78, 5) is 33.8. The molecule has 10 heteroatoms. The number of aromatic carboxylic acids is 1. The molecule has 0 radical (unpaired) electrons. The van der Waals surface area contributed by atoms with E-state index >= 15 is 0 Å². The van der Waals surface area contributed by atoms with Crippen LogP contribution in [0.2, 0.25) is 0 Å². The lowest BCUT2D eigenvalue weighted by atomic mass is 10.1. The molecule has 0 fully saturated rings. The van der Waals surface area contributed by atoms with E-state index in [9.17, 15) is 24.8 Å². The summed E-state index contributed by atoms with van der Waals surface area (Å²) in [5.74, 6) is -2.07. The number of amides is 1. The number of thiocarbonyl (C=S) groups is 1. The maximum Gasteiger partial charge on any atom is 0.311 e. The first-order valence-electron chi connectivity index (χ1n) is 7.67. The summed E-state index contributed by atoms with van der Waals surface area (Å²) < 4.78 is 5.16. The molecular formula is C17H14N3O6S-. The molecule has 0 atom stereocenters. The number of nitrogens with one attached hydrogen (secondary N) is 2. The Morgan fingerprint density at radius 3 is 2.56 bits per heavy atom. The molecule has 2 aromatic carbocycles. The van der Waals surface area contributed by atoms with Crippen LogP contribution in [0.4, 0.5) is 11.4 Å². The van der Waals surface area contributed by atoms with E-state index in [1.165, 1.54) is 30.3 Å². The van der Waals surface area contributed by atoms with Gasteiger partial charge >= 0.3 is 5.69 Å². The predicted molar refractivity (Wildman–Crippen MR) is 98.7 cm³/mol. The van der Waals surface area contributed by atoms with Crippen molar-refractivity contribution in [2.45, 2.75) is 6.92 Å². The van der Waals surface area contributed by atoms with Crippen molar-refractivity contribution < 1.29 is 24.4 Å². The number of anilines is 1. The number of nitro benzene ring substituents is 1. The molecule has 0 spiro atoms. The van der Waals surface area contributed by atoms with E-state index < -0.39 is 16.8 Å². The maximum absolute atomic E-state index is 12.3. The number of carbonyl (C=O) groups excluding carboxylic acids is 2. The highest BCUT2D eigenvalue weighted by Gasteiger charge is 2.19.